The molecule has 0 amide bonds. The van der Waals surface area contributed by atoms with Crippen molar-refractivity contribution < 1.29 is 27.5 Å². The Labute approximate surface area is 121 Å². The molecule has 0 fully saturated rings. The van der Waals surface area contributed by atoms with E-state index in [1.165, 1.54) is 12.1 Å². The Bertz CT molecular complexity index is 509. The van der Waals surface area contributed by atoms with Crippen LogP contribution in [0.25, 0.3) is 0 Å². The SMILES string of the molecule is CCOC(=O)C(CC)C(=O)Cc1cccc(C(F)(F)F)c1. The van der Waals surface area contributed by atoms with E-state index >= 15 is 0 Å². The summed E-state index contributed by atoms with van der Waals surface area (Å²) in [7, 11) is 0. The quantitative estimate of drug-likeness (QED) is 0.597. The van der Waals surface area contributed by atoms with Crippen molar-refractivity contribution in [3.8, 4) is 0 Å². The minimum Gasteiger partial charge on any atom is -0.465 e. The lowest BCUT2D eigenvalue weighted by Gasteiger charge is -2.13. The van der Waals surface area contributed by atoms with Gasteiger partial charge in [-0.3, -0.25) is 9.59 Å². The predicted molar refractivity (Wildman–Crippen MR) is 70.6 cm³/mol. The van der Waals surface area contributed by atoms with E-state index in [1.807, 2.05) is 0 Å². The van der Waals surface area contributed by atoms with Gasteiger partial charge in [-0.05, 0) is 25.0 Å². The largest absolute Gasteiger partial charge is 0.465 e. The lowest BCUT2D eigenvalue weighted by Crippen LogP contribution is -2.27. The summed E-state index contributed by atoms with van der Waals surface area (Å²) < 4.78 is 42.6. The average molecular weight is 302 g/mol. The molecule has 0 aliphatic heterocycles. The van der Waals surface area contributed by atoms with Crippen LogP contribution < -0.4 is 0 Å². The highest BCUT2D eigenvalue weighted by atomic mass is 19.4. The molecule has 1 aromatic rings. The van der Waals surface area contributed by atoms with Gasteiger partial charge in [0.1, 0.15) is 5.92 Å². The van der Waals surface area contributed by atoms with Gasteiger partial charge in [0.2, 0.25) is 0 Å². The van der Waals surface area contributed by atoms with Crippen LogP contribution in [0.4, 0.5) is 13.2 Å². The lowest BCUT2D eigenvalue weighted by molar-refractivity contribution is -0.151. The number of halogens is 3. The fourth-order valence-electron chi connectivity index (χ4n) is 1.95. The minimum absolute atomic E-state index is 0.159. The van der Waals surface area contributed by atoms with Crippen LogP contribution in [0, 0.1) is 5.92 Å². The first-order valence-corrected chi connectivity index (χ1v) is 6.65. The van der Waals surface area contributed by atoms with Crippen molar-refractivity contribution in [2.45, 2.75) is 32.9 Å². The van der Waals surface area contributed by atoms with Crippen molar-refractivity contribution in [3.63, 3.8) is 0 Å². The van der Waals surface area contributed by atoms with Crippen molar-refractivity contribution in [1.82, 2.24) is 0 Å². The van der Waals surface area contributed by atoms with Crippen LogP contribution in [0.1, 0.15) is 31.4 Å². The number of carbonyl (C=O) groups is 2. The zero-order valence-corrected chi connectivity index (χ0v) is 11.9. The molecule has 1 unspecified atom stereocenters. The number of alkyl halides is 3. The van der Waals surface area contributed by atoms with Gasteiger partial charge in [0.15, 0.2) is 5.78 Å². The van der Waals surface area contributed by atoms with Crippen LogP contribution in [0.5, 0.6) is 0 Å². The summed E-state index contributed by atoms with van der Waals surface area (Å²) in [6.07, 6.45) is -4.41. The zero-order chi connectivity index (χ0) is 16.0. The Kier molecular flexibility index (Phi) is 5.93. The molecule has 0 saturated carbocycles. The van der Waals surface area contributed by atoms with Gasteiger partial charge in [0.05, 0.1) is 12.2 Å². The number of hydrogen-bond acceptors (Lipinski definition) is 3. The molecule has 0 heterocycles. The first-order chi connectivity index (χ1) is 9.79. The number of ketones is 1. The Hall–Kier alpha value is -1.85. The second-order valence-corrected chi connectivity index (χ2v) is 4.55. The monoisotopic (exact) mass is 302 g/mol. The Morgan fingerprint density at radius 2 is 1.90 bits per heavy atom. The molecule has 1 aromatic carbocycles. The standard InChI is InChI=1S/C15H17F3O3/c1-3-12(14(20)21-4-2)13(19)9-10-6-5-7-11(8-10)15(16,17)18/h5-8,12H,3-4,9H2,1-2H3. The first-order valence-electron chi connectivity index (χ1n) is 6.65. The van der Waals surface area contributed by atoms with Crippen LogP contribution in [0.15, 0.2) is 24.3 Å². The van der Waals surface area contributed by atoms with E-state index in [-0.39, 0.29) is 25.0 Å². The molecule has 116 valence electrons. The number of benzene rings is 1. The molecule has 0 aromatic heterocycles. The van der Waals surface area contributed by atoms with E-state index in [0.29, 0.717) is 0 Å². The van der Waals surface area contributed by atoms with Crippen molar-refractivity contribution in [2.24, 2.45) is 5.92 Å². The summed E-state index contributed by atoms with van der Waals surface area (Å²) in [5.74, 6) is -1.99. The molecule has 6 heteroatoms. The number of Topliss-reactive ketones (excluding diaryl/α,β-unsaturated/α-hetero) is 1. The van der Waals surface area contributed by atoms with Crippen molar-refractivity contribution in [2.75, 3.05) is 6.61 Å². The maximum atomic E-state index is 12.6. The Morgan fingerprint density at radius 3 is 2.43 bits per heavy atom. The number of carbonyl (C=O) groups excluding carboxylic acids is 2. The van der Waals surface area contributed by atoms with E-state index in [1.54, 1.807) is 13.8 Å². The van der Waals surface area contributed by atoms with Crippen molar-refractivity contribution in [3.05, 3.63) is 35.4 Å². The molecule has 3 nitrogen and oxygen atoms in total. The molecule has 0 bridgehead atoms. The predicted octanol–water partition coefficient (Wildman–Crippen LogP) is 3.41. The second kappa shape index (κ2) is 7.24. The maximum Gasteiger partial charge on any atom is 0.416 e. The molecule has 0 spiro atoms. The second-order valence-electron chi connectivity index (χ2n) is 4.55. The highest BCUT2D eigenvalue weighted by Crippen LogP contribution is 2.29. The summed E-state index contributed by atoms with van der Waals surface area (Å²) in [5, 5.41) is 0. The van der Waals surface area contributed by atoms with Gasteiger partial charge in [0, 0.05) is 6.42 Å². The molecule has 1 rings (SSSR count). The molecule has 21 heavy (non-hydrogen) atoms. The van der Waals surface area contributed by atoms with Gasteiger partial charge in [-0.25, -0.2) is 0 Å². The Morgan fingerprint density at radius 1 is 1.24 bits per heavy atom. The fourth-order valence-corrected chi connectivity index (χ4v) is 1.95. The summed E-state index contributed by atoms with van der Waals surface area (Å²) >= 11 is 0. The minimum atomic E-state index is -4.45. The highest BCUT2D eigenvalue weighted by Gasteiger charge is 2.31. The smallest absolute Gasteiger partial charge is 0.416 e. The third-order valence-corrected chi connectivity index (χ3v) is 3.00. The number of ether oxygens (including phenoxy) is 1. The van der Waals surface area contributed by atoms with E-state index in [9.17, 15) is 22.8 Å². The first kappa shape index (κ1) is 17.2. The van der Waals surface area contributed by atoms with Gasteiger partial charge in [0.25, 0.3) is 0 Å². The van der Waals surface area contributed by atoms with Gasteiger partial charge in [-0.15, -0.1) is 0 Å². The zero-order valence-electron chi connectivity index (χ0n) is 11.9. The molecule has 0 saturated heterocycles. The van der Waals surface area contributed by atoms with Gasteiger partial charge in [-0.1, -0.05) is 25.1 Å². The third-order valence-electron chi connectivity index (χ3n) is 3.00. The number of rotatable bonds is 6. The lowest BCUT2D eigenvalue weighted by atomic mass is 9.95. The summed E-state index contributed by atoms with van der Waals surface area (Å²) in [6, 6.07) is 4.55. The van der Waals surface area contributed by atoms with Crippen molar-refractivity contribution in [1.29, 1.82) is 0 Å². The Balaban J connectivity index is 2.85. The van der Waals surface area contributed by atoms with Crippen LogP contribution >= 0.6 is 0 Å². The average Bonchev–Trinajstić information content (AvgIpc) is 2.39. The molecular formula is C15H17F3O3. The summed E-state index contributed by atoms with van der Waals surface area (Å²) in [5.41, 5.74) is -0.574. The maximum absolute atomic E-state index is 12.6. The number of esters is 1. The molecule has 1 atom stereocenters. The third kappa shape index (κ3) is 4.88. The molecule has 0 N–H and O–H groups in total. The number of hydrogen-bond donors (Lipinski definition) is 0. The fraction of sp³-hybridized carbons (Fsp3) is 0.467. The topological polar surface area (TPSA) is 43.4 Å². The van der Waals surface area contributed by atoms with Crippen molar-refractivity contribution >= 4 is 11.8 Å². The van der Waals surface area contributed by atoms with E-state index < -0.39 is 29.4 Å². The van der Waals surface area contributed by atoms with Crippen LogP contribution in [-0.4, -0.2) is 18.4 Å². The van der Waals surface area contributed by atoms with Gasteiger partial charge < -0.3 is 4.74 Å². The van der Waals surface area contributed by atoms with Crippen LogP contribution in [0.3, 0.4) is 0 Å². The molecular weight excluding hydrogens is 285 g/mol. The van der Waals surface area contributed by atoms with E-state index in [0.717, 1.165) is 12.1 Å². The van der Waals surface area contributed by atoms with Crippen LogP contribution in [-0.2, 0) is 26.9 Å². The normalized spacial score (nSPS) is 12.8. The molecule has 0 radical (unpaired) electrons. The molecule has 0 aliphatic carbocycles. The highest BCUT2D eigenvalue weighted by molar-refractivity contribution is 5.99. The summed E-state index contributed by atoms with van der Waals surface area (Å²) in [4.78, 5) is 23.6. The van der Waals surface area contributed by atoms with Crippen LogP contribution in [0.2, 0.25) is 0 Å². The molecule has 0 aliphatic rings. The van der Waals surface area contributed by atoms with Gasteiger partial charge >= 0.3 is 12.1 Å². The van der Waals surface area contributed by atoms with E-state index in [4.69, 9.17) is 4.74 Å². The van der Waals surface area contributed by atoms with Gasteiger partial charge in [-0.2, -0.15) is 13.2 Å². The van der Waals surface area contributed by atoms with E-state index in [2.05, 4.69) is 0 Å². The summed E-state index contributed by atoms with van der Waals surface area (Å²) in [6.45, 7) is 3.44.